The zero-order chi connectivity index (χ0) is 16.9. The third-order valence-electron chi connectivity index (χ3n) is 3.77. The SMILES string of the molecule is CCN=CC(=CN)c1ccc2c(-c3ccc(C#N)cc3)cnn2c1. The number of hydrogen-bond donors (Lipinski definition) is 1. The fourth-order valence-corrected chi connectivity index (χ4v) is 2.51. The smallest absolute Gasteiger partial charge is 0.0991 e. The number of aliphatic imine (C=N–C) groups is 1. The predicted octanol–water partition coefficient (Wildman–Crippen LogP) is 3.26. The van der Waals surface area contributed by atoms with Crippen LogP contribution in [-0.4, -0.2) is 22.4 Å². The summed E-state index contributed by atoms with van der Waals surface area (Å²) in [4.78, 5) is 4.24. The number of nitrogens with zero attached hydrogens (tertiary/aromatic N) is 4. The third kappa shape index (κ3) is 2.90. The maximum Gasteiger partial charge on any atom is 0.0991 e. The van der Waals surface area contributed by atoms with E-state index in [-0.39, 0.29) is 0 Å². The molecule has 5 heteroatoms. The molecule has 0 saturated heterocycles. The van der Waals surface area contributed by atoms with Crippen molar-refractivity contribution >= 4 is 17.3 Å². The van der Waals surface area contributed by atoms with Crippen molar-refractivity contribution in [1.82, 2.24) is 9.61 Å². The number of rotatable bonds is 4. The summed E-state index contributed by atoms with van der Waals surface area (Å²) in [7, 11) is 0. The maximum atomic E-state index is 8.91. The lowest BCUT2D eigenvalue weighted by atomic mass is 10.0. The van der Waals surface area contributed by atoms with E-state index in [0.717, 1.165) is 27.8 Å². The monoisotopic (exact) mass is 315 g/mol. The second-order valence-electron chi connectivity index (χ2n) is 5.24. The van der Waals surface area contributed by atoms with E-state index in [9.17, 15) is 0 Å². The van der Waals surface area contributed by atoms with Gasteiger partial charge < -0.3 is 5.73 Å². The number of hydrogen-bond acceptors (Lipinski definition) is 4. The summed E-state index contributed by atoms with van der Waals surface area (Å²) in [5.74, 6) is 0. The van der Waals surface area contributed by atoms with Gasteiger partial charge >= 0.3 is 0 Å². The average Bonchev–Trinajstić information content (AvgIpc) is 3.06. The van der Waals surface area contributed by atoms with Crippen molar-refractivity contribution < 1.29 is 0 Å². The third-order valence-corrected chi connectivity index (χ3v) is 3.77. The highest BCUT2D eigenvalue weighted by Crippen LogP contribution is 2.26. The molecule has 0 fully saturated rings. The number of benzene rings is 1. The van der Waals surface area contributed by atoms with Crippen LogP contribution in [0.1, 0.15) is 18.1 Å². The van der Waals surface area contributed by atoms with Crippen molar-refractivity contribution in [2.24, 2.45) is 10.7 Å². The van der Waals surface area contributed by atoms with Crippen molar-refractivity contribution in [3.05, 3.63) is 66.1 Å². The van der Waals surface area contributed by atoms with E-state index in [0.29, 0.717) is 12.1 Å². The molecule has 1 aromatic carbocycles. The lowest BCUT2D eigenvalue weighted by molar-refractivity contribution is 0.958. The van der Waals surface area contributed by atoms with Crippen LogP contribution in [0.5, 0.6) is 0 Å². The molecule has 0 saturated carbocycles. The molecule has 0 radical (unpaired) electrons. The molecule has 3 aromatic rings. The van der Waals surface area contributed by atoms with Gasteiger partial charge in [0.15, 0.2) is 0 Å². The number of nitriles is 1. The van der Waals surface area contributed by atoms with Crippen molar-refractivity contribution in [1.29, 1.82) is 5.26 Å². The molecular formula is C19H17N5. The molecule has 0 atom stereocenters. The molecular weight excluding hydrogens is 298 g/mol. The number of nitrogens with two attached hydrogens (primary N) is 1. The van der Waals surface area contributed by atoms with Crippen LogP contribution in [0.15, 0.2) is 60.0 Å². The summed E-state index contributed by atoms with van der Waals surface area (Å²) in [5.41, 5.74) is 11.2. The standard InChI is InChI=1S/C19H17N5/c1-2-22-11-17(10-21)16-7-8-19-18(12-23-24(19)13-16)15-5-3-14(9-20)4-6-15/h3-8,10-13H,2,21H2,1H3. The Bertz CT molecular complexity index is 956. The number of allylic oxidation sites excluding steroid dienone is 1. The lowest BCUT2D eigenvalue weighted by Crippen LogP contribution is -1.95. The van der Waals surface area contributed by atoms with E-state index in [1.165, 1.54) is 0 Å². The molecule has 118 valence electrons. The minimum absolute atomic E-state index is 0.644. The highest BCUT2D eigenvalue weighted by atomic mass is 15.2. The largest absolute Gasteiger partial charge is 0.404 e. The van der Waals surface area contributed by atoms with Crippen LogP contribution in [0.25, 0.3) is 22.2 Å². The van der Waals surface area contributed by atoms with Gasteiger partial charge in [-0.2, -0.15) is 10.4 Å². The van der Waals surface area contributed by atoms with Crippen LogP contribution in [0.4, 0.5) is 0 Å². The van der Waals surface area contributed by atoms with Crippen molar-refractivity contribution in [2.45, 2.75) is 6.92 Å². The van der Waals surface area contributed by atoms with Crippen LogP contribution in [0, 0.1) is 11.3 Å². The van der Waals surface area contributed by atoms with E-state index in [2.05, 4.69) is 16.2 Å². The Morgan fingerprint density at radius 1 is 1.29 bits per heavy atom. The quantitative estimate of drug-likeness (QED) is 0.750. The molecule has 2 N–H and O–H groups in total. The van der Waals surface area contributed by atoms with Crippen LogP contribution in [-0.2, 0) is 0 Å². The molecule has 3 rings (SSSR count). The fourth-order valence-electron chi connectivity index (χ4n) is 2.51. The van der Waals surface area contributed by atoms with Gasteiger partial charge in [0.05, 0.1) is 23.3 Å². The van der Waals surface area contributed by atoms with Crippen molar-refractivity contribution in [2.75, 3.05) is 6.54 Å². The second-order valence-corrected chi connectivity index (χ2v) is 5.24. The first kappa shape index (κ1) is 15.5. The molecule has 2 aromatic heterocycles. The Morgan fingerprint density at radius 3 is 2.75 bits per heavy atom. The number of aromatic nitrogens is 2. The molecule has 2 heterocycles. The minimum Gasteiger partial charge on any atom is -0.404 e. The van der Waals surface area contributed by atoms with Gasteiger partial charge in [-0.25, -0.2) is 4.52 Å². The van der Waals surface area contributed by atoms with Crippen molar-refractivity contribution in [3.8, 4) is 17.2 Å². The molecule has 0 spiro atoms. The Hall–Kier alpha value is -3.39. The summed E-state index contributed by atoms with van der Waals surface area (Å²) in [6.07, 6.45) is 7.08. The summed E-state index contributed by atoms with van der Waals surface area (Å²) in [5, 5.41) is 13.3. The molecule has 0 aliphatic rings. The number of pyridine rings is 1. The molecule has 0 aliphatic carbocycles. The van der Waals surface area contributed by atoms with Gasteiger partial charge in [-0.15, -0.1) is 0 Å². The molecule has 0 amide bonds. The topological polar surface area (TPSA) is 79.5 Å². The van der Waals surface area contributed by atoms with Gasteiger partial charge in [-0.1, -0.05) is 18.2 Å². The summed E-state index contributed by atoms with van der Waals surface area (Å²) >= 11 is 0. The zero-order valence-corrected chi connectivity index (χ0v) is 13.3. The summed E-state index contributed by atoms with van der Waals surface area (Å²) in [6, 6.07) is 13.6. The van der Waals surface area contributed by atoms with Gasteiger partial charge in [0.25, 0.3) is 0 Å². The Kier molecular flexibility index (Phi) is 4.39. The Morgan fingerprint density at radius 2 is 2.08 bits per heavy atom. The van der Waals surface area contributed by atoms with Gasteiger partial charge in [-0.05, 0) is 30.7 Å². The molecule has 0 aliphatic heterocycles. The number of fused-ring (bicyclic) bond motifs is 1. The van der Waals surface area contributed by atoms with E-state index < -0.39 is 0 Å². The fraction of sp³-hybridized carbons (Fsp3) is 0.105. The molecule has 5 nitrogen and oxygen atoms in total. The first-order valence-corrected chi connectivity index (χ1v) is 7.67. The predicted molar refractivity (Wildman–Crippen MR) is 96.5 cm³/mol. The van der Waals surface area contributed by atoms with Crippen LogP contribution in [0.3, 0.4) is 0 Å². The lowest BCUT2D eigenvalue weighted by Gasteiger charge is -2.04. The van der Waals surface area contributed by atoms with Crippen LogP contribution in [0.2, 0.25) is 0 Å². The van der Waals surface area contributed by atoms with E-state index >= 15 is 0 Å². The molecule has 24 heavy (non-hydrogen) atoms. The Balaban J connectivity index is 2.02. The second kappa shape index (κ2) is 6.80. The normalized spacial score (nSPS) is 11.9. The highest BCUT2D eigenvalue weighted by molar-refractivity contribution is 6.09. The first-order chi connectivity index (χ1) is 11.8. The summed E-state index contributed by atoms with van der Waals surface area (Å²) in [6.45, 7) is 2.69. The van der Waals surface area contributed by atoms with Gasteiger partial charge in [0.1, 0.15) is 0 Å². The van der Waals surface area contributed by atoms with Crippen LogP contribution >= 0.6 is 0 Å². The van der Waals surface area contributed by atoms with Gasteiger partial charge in [-0.3, -0.25) is 4.99 Å². The van der Waals surface area contributed by atoms with E-state index in [1.807, 2.05) is 60.2 Å². The maximum absolute atomic E-state index is 8.91. The molecule has 0 unspecified atom stereocenters. The van der Waals surface area contributed by atoms with Gasteiger partial charge in [0.2, 0.25) is 0 Å². The minimum atomic E-state index is 0.644. The summed E-state index contributed by atoms with van der Waals surface area (Å²) < 4.78 is 1.83. The van der Waals surface area contributed by atoms with Crippen LogP contribution < -0.4 is 5.73 Å². The van der Waals surface area contributed by atoms with Gasteiger partial charge in [0, 0.05) is 41.9 Å². The first-order valence-electron chi connectivity index (χ1n) is 7.67. The average molecular weight is 315 g/mol. The van der Waals surface area contributed by atoms with Crippen molar-refractivity contribution in [3.63, 3.8) is 0 Å². The highest BCUT2D eigenvalue weighted by Gasteiger charge is 2.08. The van der Waals surface area contributed by atoms with E-state index in [4.69, 9.17) is 11.0 Å². The molecule has 0 bridgehead atoms. The van der Waals surface area contributed by atoms with E-state index in [1.54, 1.807) is 12.4 Å². The zero-order valence-electron chi connectivity index (χ0n) is 13.3. The Labute approximate surface area is 140 Å².